The lowest BCUT2D eigenvalue weighted by atomic mass is 9.71. The predicted octanol–water partition coefficient (Wildman–Crippen LogP) is 2.01. The van der Waals surface area contributed by atoms with E-state index in [0.29, 0.717) is 12.8 Å². The van der Waals surface area contributed by atoms with Gasteiger partial charge < -0.3 is 10.1 Å². The fourth-order valence-corrected chi connectivity index (χ4v) is 2.76. The van der Waals surface area contributed by atoms with E-state index in [1.165, 1.54) is 19.2 Å². The first kappa shape index (κ1) is 13.0. The van der Waals surface area contributed by atoms with Crippen molar-refractivity contribution in [3.8, 4) is 0 Å². The number of carbonyl (C=O) groups is 1. The maximum absolute atomic E-state index is 13.0. The van der Waals surface area contributed by atoms with Gasteiger partial charge in [0.1, 0.15) is 5.82 Å². The number of hydrogen-bond donors (Lipinski definition) is 1. The summed E-state index contributed by atoms with van der Waals surface area (Å²) in [5.41, 5.74) is 0.191. The molecular formula is C14H18FNO2. The van der Waals surface area contributed by atoms with E-state index in [1.807, 2.05) is 6.92 Å². The van der Waals surface area contributed by atoms with Crippen LogP contribution in [0.3, 0.4) is 0 Å². The molecule has 1 heterocycles. The molecule has 2 atom stereocenters. The zero-order chi connectivity index (χ0) is 13.2. The first-order valence-corrected chi connectivity index (χ1v) is 6.16. The second-order valence-corrected chi connectivity index (χ2v) is 4.89. The molecule has 18 heavy (non-hydrogen) atoms. The lowest BCUT2D eigenvalue weighted by Crippen LogP contribution is -2.50. The van der Waals surface area contributed by atoms with Crippen LogP contribution >= 0.6 is 0 Å². The summed E-state index contributed by atoms with van der Waals surface area (Å²) in [7, 11) is 1.40. The highest BCUT2D eigenvalue weighted by Crippen LogP contribution is 2.36. The molecule has 3 nitrogen and oxygen atoms in total. The van der Waals surface area contributed by atoms with Crippen LogP contribution in [0.25, 0.3) is 0 Å². The van der Waals surface area contributed by atoms with Crippen molar-refractivity contribution in [3.05, 3.63) is 35.6 Å². The van der Waals surface area contributed by atoms with Gasteiger partial charge in [0.15, 0.2) is 0 Å². The van der Waals surface area contributed by atoms with Crippen LogP contribution in [-0.4, -0.2) is 25.7 Å². The number of ether oxygens (including phenoxy) is 1. The summed E-state index contributed by atoms with van der Waals surface area (Å²) >= 11 is 0. The predicted molar refractivity (Wildman–Crippen MR) is 66.8 cm³/mol. The quantitative estimate of drug-likeness (QED) is 0.817. The zero-order valence-corrected chi connectivity index (χ0v) is 10.7. The molecule has 1 aliphatic heterocycles. The Kier molecular flexibility index (Phi) is 3.66. The van der Waals surface area contributed by atoms with Crippen LogP contribution in [-0.2, 0) is 14.9 Å². The summed E-state index contributed by atoms with van der Waals surface area (Å²) in [6.45, 7) is 2.80. The fourth-order valence-electron chi connectivity index (χ4n) is 2.76. The van der Waals surface area contributed by atoms with Gasteiger partial charge in [-0.05, 0) is 44.0 Å². The van der Waals surface area contributed by atoms with Gasteiger partial charge >= 0.3 is 5.97 Å². The van der Waals surface area contributed by atoms with E-state index >= 15 is 0 Å². The maximum atomic E-state index is 13.0. The van der Waals surface area contributed by atoms with Crippen LogP contribution in [0.4, 0.5) is 4.39 Å². The van der Waals surface area contributed by atoms with Gasteiger partial charge in [0.25, 0.3) is 0 Å². The SMILES string of the molecule is COC(=O)[C@@]1(c2ccc(F)cc2)CCN[C@@H](C)C1. The third kappa shape index (κ3) is 2.25. The first-order chi connectivity index (χ1) is 8.58. The van der Waals surface area contributed by atoms with Crippen LogP contribution in [0.15, 0.2) is 24.3 Å². The number of hydrogen-bond acceptors (Lipinski definition) is 3. The van der Waals surface area contributed by atoms with E-state index in [2.05, 4.69) is 5.32 Å². The van der Waals surface area contributed by atoms with Crippen LogP contribution in [0, 0.1) is 5.82 Å². The molecule has 0 amide bonds. The van der Waals surface area contributed by atoms with Gasteiger partial charge in [-0.2, -0.15) is 0 Å². The van der Waals surface area contributed by atoms with Crippen LogP contribution < -0.4 is 5.32 Å². The number of carbonyl (C=O) groups excluding carboxylic acids is 1. The number of benzene rings is 1. The highest BCUT2D eigenvalue weighted by atomic mass is 19.1. The van der Waals surface area contributed by atoms with E-state index in [0.717, 1.165) is 12.1 Å². The molecule has 1 aliphatic rings. The molecule has 1 N–H and O–H groups in total. The van der Waals surface area contributed by atoms with Crippen LogP contribution in [0.1, 0.15) is 25.3 Å². The molecule has 0 aliphatic carbocycles. The van der Waals surface area contributed by atoms with Gasteiger partial charge in [-0.25, -0.2) is 4.39 Å². The fraction of sp³-hybridized carbons (Fsp3) is 0.500. The van der Waals surface area contributed by atoms with Crippen molar-refractivity contribution in [1.29, 1.82) is 0 Å². The van der Waals surface area contributed by atoms with Gasteiger partial charge in [0, 0.05) is 6.04 Å². The van der Waals surface area contributed by atoms with Gasteiger partial charge in [-0.3, -0.25) is 4.79 Å². The topological polar surface area (TPSA) is 38.3 Å². The van der Waals surface area contributed by atoms with Crippen molar-refractivity contribution in [1.82, 2.24) is 5.32 Å². The molecule has 0 spiro atoms. The molecule has 98 valence electrons. The molecule has 0 unspecified atom stereocenters. The van der Waals surface area contributed by atoms with E-state index in [9.17, 15) is 9.18 Å². The molecule has 0 bridgehead atoms. The molecule has 0 aromatic heterocycles. The smallest absolute Gasteiger partial charge is 0.316 e. The second kappa shape index (κ2) is 5.06. The van der Waals surface area contributed by atoms with Crippen LogP contribution in [0.2, 0.25) is 0 Å². The molecule has 1 saturated heterocycles. The van der Waals surface area contributed by atoms with Gasteiger partial charge in [0.05, 0.1) is 12.5 Å². The Morgan fingerprint density at radius 1 is 1.44 bits per heavy atom. The van der Waals surface area contributed by atoms with Gasteiger partial charge in [-0.1, -0.05) is 12.1 Å². The molecule has 2 rings (SSSR count). The normalized spacial score (nSPS) is 27.8. The van der Waals surface area contributed by atoms with Crippen LogP contribution in [0.5, 0.6) is 0 Å². The lowest BCUT2D eigenvalue weighted by molar-refractivity contribution is -0.149. The highest BCUT2D eigenvalue weighted by molar-refractivity contribution is 5.83. The number of rotatable bonds is 2. The lowest BCUT2D eigenvalue weighted by Gasteiger charge is -2.38. The van der Waals surface area contributed by atoms with E-state index < -0.39 is 5.41 Å². The average Bonchev–Trinajstić information content (AvgIpc) is 2.38. The third-order valence-electron chi connectivity index (χ3n) is 3.67. The molecule has 1 aromatic carbocycles. The molecule has 1 fully saturated rings. The highest BCUT2D eigenvalue weighted by Gasteiger charge is 2.44. The van der Waals surface area contributed by atoms with Gasteiger partial charge in [-0.15, -0.1) is 0 Å². The maximum Gasteiger partial charge on any atom is 0.316 e. The van der Waals surface area contributed by atoms with Crippen molar-refractivity contribution < 1.29 is 13.9 Å². The largest absolute Gasteiger partial charge is 0.468 e. The Hall–Kier alpha value is -1.42. The summed E-state index contributed by atoms with van der Waals surface area (Å²) < 4.78 is 18.0. The number of halogens is 1. The Labute approximate surface area is 106 Å². The average molecular weight is 251 g/mol. The minimum Gasteiger partial charge on any atom is -0.468 e. The Morgan fingerprint density at radius 2 is 2.11 bits per heavy atom. The van der Waals surface area contributed by atoms with Crippen molar-refractivity contribution >= 4 is 5.97 Å². The Morgan fingerprint density at radius 3 is 2.67 bits per heavy atom. The molecule has 0 saturated carbocycles. The number of piperidine rings is 1. The molecule has 0 radical (unpaired) electrons. The van der Waals surface area contributed by atoms with Crippen molar-refractivity contribution in [2.75, 3.05) is 13.7 Å². The summed E-state index contributed by atoms with van der Waals surface area (Å²) in [4.78, 5) is 12.2. The summed E-state index contributed by atoms with van der Waals surface area (Å²) in [6, 6.07) is 6.40. The summed E-state index contributed by atoms with van der Waals surface area (Å²) in [5, 5.41) is 3.31. The number of esters is 1. The standard InChI is InChI=1S/C14H18FNO2/c1-10-9-14(7-8-16-10,13(17)18-2)11-3-5-12(15)6-4-11/h3-6,10,16H,7-9H2,1-2H3/t10-,14-/m0/s1. The number of methoxy groups -OCH3 is 1. The molecular weight excluding hydrogens is 233 g/mol. The van der Waals surface area contributed by atoms with Gasteiger partial charge in [0.2, 0.25) is 0 Å². The van der Waals surface area contributed by atoms with Crippen molar-refractivity contribution in [3.63, 3.8) is 0 Å². The second-order valence-electron chi connectivity index (χ2n) is 4.89. The Bertz CT molecular complexity index is 432. The molecule has 1 aromatic rings. The first-order valence-electron chi connectivity index (χ1n) is 6.16. The zero-order valence-electron chi connectivity index (χ0n) is 10.7. The van der Waals surface area contributed by atoms with E-state index in [-0.39, 0.29) is 17.8 Å². The minimum atomic E-state index is -0.646. The minimum absolute atomic E-state index is 0.234. The third-order valence-corrected chi connectivity index (χ3v) is 3.67. The monoisotopic (exact) mass is 251 g/mol. The Balaban J connectivity index is 2.41. The molecule has 4 heteroatoms. The van der Waals surface area contributed by atoms with Crippen molar-refractivity contribution in [2.24, 2.45) is 0 Å². The van der Waals surface area contributed by atoms with E-state index in [4.69, 9.17) is 4.74 Å². The summed E-state index contributed by atoms with van der Waals surface area (Å²) in [5.74, 6) is -0.525. The van der Waals surface area contributed by atoms with Crippen molar-refractivity contribution in [2.45, 2.75) is 31.2 Å². The number of nitrogens with one attached hydrogen (secondary N) is 1. The van der Waals surface area contributed by atoms with E-state index in [1.54, 1.807) is 12.1 Å². The summed E-state index contributed by atoms with van der Waals surface area (Å²) in [6.07, 6.45) is 1.35.